The van der Waals surface area contributed by atoms with E-state index in [0.29, 0.717) is 0 Å². The molecular formula is C46H32N2. The molecule has 9 aromatic rings. The molecule has 0 bridgehead atoms. The van der Waals surface area contributed by atoms with Crippen LogP contribution in [0.5, 0.6) is 0 Å². The number of anilines is 3. The number of para-hydroxylation sites is 1. The molecule has 1 heterocycles. The second-order valence-corrected chi connectivity index (χ2v) is 12.2. The van der Waals surface area contributed by atoms with Crippen molar-refractivity contribution in [3.05, 3.63) is 194 Å². The minimum absolute atomic E-state index is 1.11. The molecule has 2 nitrogen and oxygen atoms in total. The first-order valence-electron chi connectivity index (χ1n) is 16.4. The third kappa shape index (κ3) is 4.83. The Kier molecular flexibility index (Phi) is 6.84. The van der Waals surface area contributed by atoms with Gasteiger partial charge in [-0.1, -0.05) is 133 Å². The van der Waals surface area contributed by atoms with Crippen molar-refractivity contribution in [2.75, 3.05) is 4.90 Å². The summed E-state index contributed by atoms with van der Waals surface area (Å²) >= 11 is 0. The topological polar surface area (TPSA) is 8.17 Å². The molecular weight excluding hydrogens is 581 g/mol. The largest absolute Gasteiger partial charge is 0.310 e. The number of rotatable bonds is 6. The molecule has 0 saturated heterocycles. The zero-order valence-corrected chi connectivity index (χ0v) is 26.4. The standard InChI is InChI=1S/C46H32N2/c1-4-13-33(14-5-1)35-23-26-39(27-24-35)47(40-28-25-34-15-10-11-18-37(34)31-40)41-29-30-44-43(32-41)46-42(36-16-6-2-7-17-36)21-12-22-45(46)48(44)38-19-8-3-9-20-38/h1-32H. The summed E-state index contributed by atoms with van der Waals surface area (Å²) in [5, 5.41) is 4.92. The van der Waals surface area contributed by atoms with Gasteiger partial charge in [0.15, 0.2) is 0 Å². The van der Waals surface area contributed by atoms with Crippen LogP contribution in [0, 0.1) is 0 Å². The molecule has 0 N–H and O–H groups in total. The van der Waals surface area contributed by atoms with Crippen LogP contribution in [-0.4, -0.2) is 4.57 Å². The Labute approximate surface area is 280 Å². The van der Waals surface area contributed by atoms with E-state index in [2.05, 4.69) is 204 Å². The van der Waals surface area contributed by atoms with Crippen LogP contribution in [0.2, 0.25) is 0 Å². The third-order valence-electron chi connectivity index (χ3n) is 9.36. The molecule has 8 aromatic carbocycles. The fourth-order valence-electron chi connectivity index (χ4n) is 7.11. The minimum Gasteiger partial charge on any atom is -0.310 e. The average Bonchev–Trinajstić information content (AvgIpc) is 3.50. The summed E-state index contributed by atoms with van der Waals surface area (Å²) in [5.41, 5.74) is 11.7. The van der Waals surface area contributed by atoms with E-state index in [0.717, 1.165) is 22.7 Å². The first-order valence-corrected chi connectivity index (χ1v) is 16.4. The van der Waals surface area contributed by atoms with Crippen LogP contribution >= 0.6 is 0 Å². The average molecular weight is 613 g/mol. The molecule has 0 aliphatic carbocycles. The Morgan fingerprint density at radius 2 is 0.938 bits per heavy atom. The van der Waals surface area contributed by atoms with Crippen molar-refractivity contribution in [3.8, 4) is 27.9 Å². The van der Waals surface area contributed by atoms with Gasteiger partial charge in [0.1, 0.15) is 0 Å². The van der Waals surface area contributed by atoms with Gasteiger partial charge in [0.2, 0.25) is 0 Å². The molecule has 0 saturated carbocycles. The van der Waals surface area contributed by atoms with Crippen molar-refractivity contribution in [2.45, 2.75) is 0 Å². The van der Waals surface area contributed by atoms with E-state index in [1.54, 1.807) is 0 Å². The fraction of sp³-hybridized carbons (Fsp3) is 0. The molecule has 0 aliphatic heterocycles. The van der Waals surface area contributed by atoms with Crippen LogP contribution in [0.15, 0.2) is 194 Å². The Morgan fingerprint density at radius 3 is 1.69 bits per heavy atom. The first-order chi connectivity index (χ1) is 23.8. The third-order valence-corrected chi connectivity index (χ3v) is 9.36. The van der Waals surface area contributed by atoms with Crippen molar-refractivity contribution >= 4 is 49.6 Å². The van der Waals surface area contributed by atoms with E-state index in [-0.39, 0.29) is 0 Å². The molecule has 48 heavy (non-hydrogen) atoms. The number of aromatic nitrogens is 1. The van der Waals surface area contributed by atoms with E-state index >= 15 is 0 Å². The second kappa shape index (κ2) is 11.8. The second-order valence-electron chi connectivity index (χ2n) is 12.2. The summed E-state index contributed by atoms with van der Waals surface area (Å²) in [6.45, 7) is 0. The summed E-state index contributed by atoms with van der Waals surface area (Å²) in [6.07, 6.45) is 0. The van der Waals surface area contributed by atoms with Crippen molar-refractivity contribution in [1.82, 2.24) is 4.57 Å². The lowest BCUT2D eigenvalue weighted by Gasteiger charge is -2.26. The van der Waals surface area contributed by atoms with Gasteiger partial charge in [0.25, 0.3) is 0 Å². The van der Waals surface area contributed by atoms with Gasteiger partial charge in [-0.2, -0.15) is 0 Å². The summed E-state index contributed by atoms with van der Waals surface area (Å²) in [7, 11) is 0. The highest BCUT2D eigenvalue weighted by Gasteiger charge is 2.20. The van der Waals surface area contributed by atoms with Crippen molar-refractivity contribution in [3.63, 3.8) is 0 Å². The van der Waals surface area contributed by atoms with Gasteiger partial charge in [-0.3, -0.25) is 0 Å². The van der Waals surface area contributed by atoms with Crippen LogP contribution in [0.3, 0.4) is 0 Å². The minimum atomic E-state index is 1.11. The van der Waals surface area contributed by atoms with Crippen LogP contribution in [0.4, 0.5) is 17.1 Å². The maximum absolute atomic E-state index is 2.40. The summed E-state index contributed by atoms with van der Waals surface area (Å²) in [5.74, 6) is 0. The van der Waals surface area contributed by atoms with Crippen molar-refractivity contribution < 1.29 is 0 Å². The van der Waals surface area contributed by atoms with E-state index in [4.69, 9.17) is 0 Å². The van der Waals surface area contributed by atoms with E-state index < -0.39 is 0 Å². The van der Waals surface area contributed by atoms with Crippen LogP contribution in [-0.2, 0) is 0 Å². The van der Waals surface area contributed by atoms with Crippen LogP contribution < -0.4 is 4.90 Å². The maximum atomic E-state index is 2.40. The molecule has 9 rings (SSSR count). The lowest BCUT2D eigenvalue weighted by atomic mass is 9.99. The SMILES string of the molecule is c1ccc(-c2ccc(N(c3ccc4ccccc4c3)c3ccc4c(c3)c3c(-c5ccccc5)cccc3n4-c3ccccc3)cc2)cc1. The van der Waals surface area contributed by atoms with Crippen LogP contribution in [0.25, 0.3) is 60.5 Å². The maximum Gasteiger partial charge on any atom is 0.0547 e. The van der Waals surface area contributed by atoms with Gasteiger partial charge in [0, 0.05) is 33.5 Å². The highest BCUT2D eigenvalue weighted by atomic mass is 15.1. The molecule has 0 aliphatic rings. The van der Waals surface area contributed by atoms with Crippen molar-refractivity contribution in [1.29, 1.82) is 0 Å². The predicted molar refractivity (Wildman–Crippen MR) is 204 cm³/mol. The molecule has 0 unspecified atom stereocenters. The van der Waals surface area contributed by atoms with Gasteiger partial charge in [0.05, 0.1) is 11.0 Å². The van der Waals surface area contributed by atoms with Gasteiger partial charge in [-0.15, -0.1) is 0 Å². The number of nitrogens with zero attached hydrogens (tertiary/aromatic N) is 2. The van der Waals surface area contributed by atoms with Gasteiger partial charge in [-0.25, -0.2) is 0 Å². The number of fused-ring (bicyclic) bond motifs is 4. The highest BCUT2D eigenvalue weighted by Crippen LogP contribution is 2.43. The number of hydrogen-bond donors (Lipinski definition) is 0. The molecule has 0 fully saturated rings. The molecule has 2 heteroatoms. The van der Waals surface area contributed by atoms with Gasteiger partial charge < -0.3 is 9.47 Å². The zero-order valence-electron chi connectivity index (χ0n) is 26.4. The quantitative estimate of drug-likeness (QED) is 0.181. The molecule has 226 valence electrons. The monoisotopic (exact) mass is 612 g/mol. The Hall–Kier alpha value is -6.38. The smallest absolute Gasteiger partial charge is 0.0547 e. The highest BCUT2D eigenvalue weighted by molar-refractivity contribution is 6.16. The Morgan fingerprint density at radius 1 is 0.354 bits per heavy atom. The lowest BCUT2D eigenvalue weighted by molar-refractivity contribution is 1.18. The number of hydrogen-bond acceptors (Lipinski definition) is 1. The van der Waals surface area contributed by atoms with E-state index in [9.17, 15) is 0 Å². The summed E-state index contributed by atoms with van der Waals surface area (Å²) in [4.78, 5) is 2.39. The lowest BCUT2D eigenvalue weighted by Crippen LogP contribution is -2.10. The van der Waals surface area contributed by atoms with E-state index in [1.807, 2.05) is 0 Å². The first kappa shape index (κ1) is 27.9. The van der Waals surface area contributed by atoms with Gasteiger partial charge >= 0.3 is 0 Å². The Balaban J connectivity index is 1.30. The molecule has 0 amide bonds. The van der Waals surface area contributed by atoms with Crippen LogP contribution in [0.1, 0.15) is 0 Å². The molecule has 1 aromatic heterocycles. The zero-order chi connectivity index (χ0) is 31.9. The summed E-state index contributed by atoms with van der Waals surface area (Å²) < 4.78 is 2.40. The number of benzene rings is 8. The summed E-state index contributed by atoms with van der Waals surface area (Å²) in [6, 6.07) is 69.9. The van der Waals surface area contributed by atoms with Gasteiger partial charge in [-0.05, 0) is 93.7 Å². The van der Waals surface area contributed by atoms with E-state index in [1.165, 1.54) is 54.8 Å². The predicted octanol–water partition coefficient (Wildman–Crippen LogP) is 12.7. The van der Waals surface area contributed by atoms with Crippen molar-refractivity contribution in [2.24, 2.45) is 0 Å². The Bertz CT molecular complexity index is 2530. The molecule has 0 atom stereocenters. The normalized spacial score (nSPS) is 11.3. The molecule has 0 spiro atoms. The molecule has 0 radical (unpaired) electrons. The fourth-order valence-corrected chi connectivity index (χ4v) is 7.11.